The van der Waals surface area contributed by atoms with E-state index >= 15 is 0 Å². The van der Waals surface area contributed by atoms with Crippen molar-refractivity contribution in [1.82, 2.24) is 19.7 Å². The molecule has 1 aliphatic heterocycles. The summed E-state index contributed by atoms with van der Waals surface area (Å²) in [6.07, 6.45) is 1.37. The van der Waals surface area contributed by atoms with Crippen LogP contribution in [-0.2, 0) is 11.8 Å². The minimum atomic E-state index is -0.512. The predicted octanol–water partition coefficient (Wildman–Crippen LogP) is 1.48. The standard InChI is InChI=1S/C20H26N6O4/c1-20(2,3)30-19(29)26-11-9-25(10-12-26)14-5-7-16(21-13-14)22-18(28)15-6-8-17(27)24(4)23-15/h5-8,13H,9-12H2,1-4H3,(H,21,22,28). The fourth-order valence-electron chi connectivity index (χ4n) is 2.92. The number of aromatic nitrogens is 3. The quantitative estimate of drug-likeness (QED) is 0.810. The second-order valence-corrected chi connectivity index (χ2v) is 7.99. The van der Waals surface area contributed by atoms with Crippen molar-refractivity contribution in [2.45, 2.75) is 26.4 Å². The maximum absolute atomic E-state index is 12.3. The largest absolute Gasteiger partial charge is 0.444 e. The highest BCUT2D eigenvalue weighted by Crippen LogP contribution is 2.19. The van der Waals surface area contributed by atoms with Crippen LogP contribution in [0.15, 0.2) is 35.3 Å². The summed E-state index contributed by atoms with van der Waals surface area (Å²) in [4.78, 5) is 43.9. The summed E-state index contributed by atoms with van der Waals surface area (Å²) in [6.45, 7) is 7.99. The number of hydrogen-bond donors (Lipinski definition) is 1. The van der Waals surface area contributed by atoms with Crippen molar-refractivity contribution in [3.05, 3.63) is 46.5 Å². The van der Waals surface area contributed by atoms with Crippen LogP contribution >= 0.6 is 0 Å². The zero-order valence-electron chi connectivity index (χ0n) is 17.6. The number of piperazine rings is 1. The van der Waals surface area contributed by atoms with E-state index < -0.39 is 11.5 Å². The van der Waals surface area contributed by atoms with Crippen molar-refractivity contribution in [2.24, 2.45) is 7.05 Å². The summed E-state index contributed by atoms with van der Waals surface area (Å²) in [6, 6.07) is 6.22. The lowest BCUT2D eigenvalue weighted by Gasteiger charge is -2.36. The molecule has 0 unspecified atom stereocenters. The summed E-state index contributed by atoms with van der Waals surface area (Å²) in [5, 5.41) is 6.58. The number of rotatable bonds is 3. The van der Waals surface area contributed by atoms with E-state index in [0.29, 0.717) is 32.0 Å². The van der Waals surface area contributed by atoms with Gasteiger partial charge in [-0.3, -0.25) is 9.59 Å². The van der Waals surface area contributed by atoms with Crippen molar-refractivity contribution in [3.8, 4) is 0 Å². The lowest BCUT2D eigenvalue weighted by Crippen LogP contribution is -2.50. The fourth-order valence-corrected chi connectivity index (χ4v) is 2.92. The van der Waals surface area contributed by atoms with Gasteiger partial charge < -0.3 is 19.9 Å². The topological polar surface area (TPSA) is 110 Å². The number of aryl methyl sites for hydroxylation is 1. The van der Waals surface area contributed by atoms with Gasteiger partial charge in [-0.2, -0.15) is 5.10 Å². The summed E-state index contributed by atoms with van der Waals surface area (Å²) in [7, 11) is 1.48. The molecule has 0 saturated carbocycles. The zero-order chi connectivity index (χ0) is 21.9. The Morgan fingerprint density at radius 2 is 1.77 bits per heavy atom. The minimum absolute atomic E-state index is 0.126. The molecule has 1 fully saturated rings. The van der Waals surface area contributed by atoms with E-state index in [2.05, 4.69) is 20.3 Å². The molecule has 0 radical (unpaired) electrons. The van der Waals surface area contributed by atoms with Crippen molar-refractivity contribution in [3.63, 3.8) is 0 Å². The lowest BCUT2D eigenvalue weighted by atomic mass is 10.2. The first kappa shape index (κ1) is 21.3. The number of nitrogens with zero attached hydrogens (tertiary/aromatic N) is 5. The third-order valence-electron chi connectivity index (χ3n) is 4.48. The van der Waals surface area contributed by atoms with Crippen LogP contribution in [0.5, 0.6) is 0 Å². The van der Waals surface area contributed by atoms with Crippen LogP contribution in [0.4, 0.5) is 16.3 Å². The van der Waals surface area contributed by atoms with Gasteiger partial charge >= 0.3 is 6.09 Å². The highest BCUT2D eigenvalue weighted by atomic mass is 16.6. The van der Waals surface area contributed by atoms with Crippen molar-refractivity contribution in [2.75, 3.05) is 36.4 Å². The Bertz CT molecular complexity index is 972. The van der Waals surface area contributed by atoms with Crippen LogP contribution in [-0.4, -0.2) is 63.4 Å². The summed E-state index contributed by atoms with van der Waals surface area (Å²) in [5.41, 5.74) is 0.224. The highest BCUT2D eigenvalue weighted by Gasteiger charge is 2.26. The molecule has 10 heteroatoms. The van der Waals surface area contributed by atoms with Gasteiger partial charge in [0.1, 0.15) is 17.1 Å². The smallest absolute Gasteiger partial charge is 0.410 e. The Hall–Kier alpha value is -3.43. The fraction of sp³-hybridized carbons (Fsp3) is 0.450. The number of nitrogens with one attached hydrogen (secondary N) is 1. The summed E-state index contributed by atoms with van der Waals surface area (Å²) >= 11 is 0. The maximum atomic E-state index is 12.3. The third kappa shape index (κ3) is 5.34. The van der Waals surface area contributed by atoms with Crippen LogP contribution in [0.2, 0.25) is 0 Å². The molecule has 2 aromatic heterocycles. The van der Waals surface area contributed by atoms with Crippen molar-refractivity contribution in [1.29, 1.82) is 0 Å². The zero-order valence-corrected chi connectivity index (χ0v) is 17.6. The number of amides is 2. The predicted molar refractivity (Wildman–Crippen MR) is 112 cm³/mol. The lowest BCUT2D eigenvalue weighted by molar-refractivity contribution is 0.0240. The Balaban J connectivity index is 1.56. The van der Waals surface area contributed by atoms with E-state index in [1.807, 2.05) is 26.8 Å². The Kier molecular flexibility index (Phi) is 6.04. The van der Waals surface area contributed by atoms with Crippen LogP contribution in [0.25, 0.3) is 0 Å². The number of pyridine rings is 1. The first-order chi connectivity index (χ1) is 14.1. The van der Waals surface area contributed by atoms with Crippen LogP contribution < -0.4 is 15.8 Å². The SMILES string of the molecule is Cn1nc(C(=O)Nc2ccc(N3CCN(C(=O)OC(C)(C)C)CC3)cn2)ccc1=O. The molecule has 0 spiro atoms. The molecule has 1 N–H and O–H groups in total. The average molecular weight is 414 g/mol. The Labute approximate surface area is 174 Å². The maximum Gasteiger partial charge on any atom is 0.410 e. The molecule has 0 aliphatic carbocycles. The number of carbonyl (C=O) groups is 2. The number of carbonyl (C=O) groups excluding carboxylic acids is 2. The van der Waals surface area contributed by atoms with Crippen LogP contribution in [0, 0.1) is 0 Å². The van der Waals surface area contributed by atoms with Gasteiger partial charge in [0.15, 0.2) is 0 Å². The van der Waals surface area contributed by atoms with E-state index in [-0.39, 0.29) is 17.3 Å². The number of hydrogen-bond acceptors (Lipinski definition) is 7. The van der Waals surface area contributed by atoms with Crippen molar-refractivity contribution < 1.29 is 14.3 Å². The monoisotopic (exact) mass is 414 g/mol. The molecule has 3 rings (SSSR count). The second-order valence-electron chi connectivity index (χ2n) is 7.99. The van der Waals surface area contributed by atoms with Gasteiger partial charge in [0.2, 0.25) is 0 Å². The van der Waals surface area contributed by atoms with Gasteiger partial charge in [0, 0.05) is 39.3 Å². The van der Waals surface area contributed by atoms with Gasteiger partial charge in [-0.1, -0.05) is 0 Å². The molecule has 0 atom stereocenters. The van der Waals surface area contributed by atoms with Crippen LogP contribution in [0.1, 0.15) is 31.3 Å². The molecule has 30 heavy (non-hydrogen) atoms. The molecule has 1 aliphatic rings. The van der Waals surface area contributed by atoms with E-state index in [4.69, 9.17) is 4.74 Å². The molecule has 1 saturated heterocycles. The number of ether oxygens (including phenoxy) is 1. The highest BCUT2D eigenvalue weighted by molar-refractivity contribution is 6.02. The third-order valence-corrected chi connectivity index (χ3v) is 4.48. The summed E-state index contributed by atoms with van der Waals surface area (Å²) < 4.78 is 6.51. The second kappa shape index (κ2) is 8.52. The van der Waals surface area contributed by atoms with E-state index in [1.165, 1.54) is 19.2 Å². The first-order valence-electron chi connectivity index (χ1n) is 9.67. The van der Waals surface area contributed by atoms with E-state index in [1.54, 1.807) is 17.2 Å². The van der Waals surface area contributed by atoms with E-state index in [9.17, 15) is 14.4 Å². The first-order valence-corrected chi connectivity index (χ1v) is 9.67. The van der Waals surface area contributed by atoms with Crippen LogP contribution in [0.3, 0.4) is 0 Å². The summed E-state index contributed by atoms with van der Waals surface area (Å²) in [5.74, 6) is -0.0661. The molecular weight excluding hydrogens is 388 g/mol. The van der Waals surface area contributed by atoms with Gasteiger partial charge in [-0.05, 0) is 39.0 Å². The number of anilines is 2. The van der Waals surface area contributed by atoms with Crippen molar-refractivity contribution >= 4 is 23.5 Å². The van der Waals surface area contributed by atoms with Gasteiger partial charge in [-0.15, -0.1) is 0 Å². The normalized spacial score (nSPS) is 14.4. The molecule has 0 aromatic carbocycles. The minimum Gasteiger partial charge on any atom is -0.444 e. The van der Waals surface area contributed by atoms with E-state index in [0.717, 1.165) is 10.4 Å². The molecule has 10 nitrogen and oxygen atoms in total. The molecule has 2 amide bonds. The Morgan fingerprint density at radius 1 is 1.07 bits per heavy atom. The molecular formula is C20H26N6O4. The van der Waals surface area contributed by atoms with Gasteiger partial charge in [-0.25, -0.2) is 14.5 Å². The molecule has 160 valence electrons. The average Bonchev–Trinajstić information content (AvgIpc) is 2.69. The molecule has 0 bridgehead atoms. The molecule has 3 heterocycles. The van der Waals surface area contributed by atoms with Gasteiger partial charge in [0.05, 0.1) is 11.9 Å². The van der Waals surface area contributed by atoms with Gasteiger partial charge in [0.25, 0.3) is 11.5 Å². The Morgan fingerprint density at radius 3 is 2.33 bits per heavy atom. The molecule has 2 aromatic rings.